The Labute approximate surface area is 198 Å². The molecular weight excluding hydrogens is 434 g/mol. The maximum absolute atomic E-state index is 12.2. The van der Waals surface area contributed by atoms with Gasteiger partial charge in [-0.05, 0) is 54.9 Å². The molecule has 9 heteroatoms. The number of nitriles is 1. The molecule has 2 atom stereocenters. The molecule has 4 rings (SSSR count). The van der Waals surface area contributed by atoms with Crippen molar-refractivity contribution in [1.82, 2.24) is 14.5 Å². The van der Waals surface area contributed by atoms with Gasteiger partial charge < -0.3 is 19.1 Å². The molecule has 9 nitrogen and oxygen atoms in total. The standard InChI is InChI=1S/C25H29N5O4/c1-25(15-29-16-27-19-7-6-17(13-26)11-21(19)29)10-4-5-18(12-25)14-30(24(31)32)20-8-9-22(33-2)28-23(20)34-3/h6-9,11,16,18H,4-5,10,12,14-15H2,1-3H3,(H,31,32). The minimum Gasteiger partial charge on any atom is -0.481 e. The first-order valence-electron chi connectivity index (χ1n) is 11.3. The third kappa shape index (κ3) is 4.76. The lowest BCUT2D eigenvalue weighted by Gasteiger charge is -2.40. The number of ether oxygens (including phenoxy) is 2. The predicted molar refractivity (Wildman–Crippen MR) is 127 cm³/mol. The first-order chi connectivity index (χ1) is 16.4. The second-order valence-corrected chi connectivity index (χ2v) is 9.24. The quantitative estimate of drug-likeness (QED) is 0.540. The van der Waals surface area contributed by atoms with Gasteiger partial charge in [-0.3, -0.25) is 4.90 Å². The van der Waals surface area contributed by atoms with Crippen LogP contribution >= 0.6 is 0 Å². The van der Waals surface area contributed by atoms with Crippen molar-refractivity contribution in [3.63, 3.8) is 0 Å². The Bertz CT molecular complexity index is 1230. The summed E-state index contributed by atoms with van der Waals surface area (Å²) in [5, 5.41) is 19.3. The van der Waals surface area contributed by atoms with Gasteiger partial charge >= 0.3 is 6.09 Å². The normalized spacial score (nSPS) is 20.0. The van der Waals surface area contributed by atoms with Crippen molar-refractivity contribution in [2.24, 2.45) is 11.3 Å². The van der Waals surface area contributed by atoms with Gasteiger partial charge in [-0.1, -0.05) is 13.3 Å². The largest absolute Gasteiger partial charge is 0.481 e. The summed E-state index contributed by atoms with van der Waals surface area (Å²) in [6.45, 7) is 3.37. The van der Waals surface area contributed by atoms with Crippen LogP contribution in [0.3, 0.4) is 0 Å². The monoisotopic (exact) mass is 463 g/mol. The average molecular weight is 464 g/mol. The number of anilines is 1. The van der Waals surface area contributed by atoms with Gasteiger partial charge in [-0.15, -0.1) is 0 Å². The van der Waals surface area contributed by atoms with Crippen LogP contribution in [0.5, 0.6) is 11.8 Å². The van der Waals surface area contributed by atoms with E-state index in [2.05, 4.69) is 27.5 Å². The van der Waals surface area contributed by atoms with Gasteiger partial charge in [0.1, 0.15) is 5.69 Å². The first kappa shape index (κ1) is 23.4. The summed E-state index contributed by atoms with van der Waals surface area (Å²) in [5.41, 5.74) is 2.81. The number of carboxylic acid groups (broad SMARTS) is 1. The van der Waals surface area contributed by atoms with E-state index < -0.39 is 6.09 Å². The molecule has 1 aromatic carbocycles. The van der Waals surface area contributed by atoms with E-state index in [0.29, 0.717) is 23.7 Å². The highest BCUT2D eigenvalue weighted by Crippen LogP contribution is 2.42. The fraction of sp³-hybridized carbons (Fsp3) is 0.440. The van der Waals surface area contributed by atoms with Crippen LogP contribution in [0.25, 0.3) is 11.0 Å². The number of hydrogen-bond donors (Lipinski definition) is 1. The van der Waals surface area contributed by atoms with Gasteiger partial charge in [0.15, 0.2) is 0 Å². The Balaban J connectivity index is 1.54. The van der Waals surface area contributed by atoms with Crippen molar-refractivity contribution >= 4 is 22.8 Å². The number of hydrogen-bond acceptors (Lipinski definition) is 6. The molecule has 0 saturated heterocycles. The molecule has 0 spiro atoms. The molecule has 2 unspecified atom stereocenters. The van der Waals surface area contributed by atoms with Crippen molar-refractivity contribution in [3.8, 4) is 17.8 Å². The number of amides is 1. The Morgan fingerprint density at radius 3 is 2.85 bits per heavy atom. The van der Waals surface area contributed by atoms with Crippen molar-refractivity contribution in [3.05, 3.63) is 42.2 Å². The van der Waals surface area contributed by atoms with Crippen LogP contribution < -0.4 is 14.4 Å². The van der Waals surface area contributed by atoms with E-state index in [4.69, 9.17) is 9.47 Å². The Morgan fingerprint density at radius 2 is 2.15 bits per heavy atom. The fourth-order valence-electron chi connectivity index (χ4n) is 5.10. The number of methoxy groups -OCH3 is 2. The van der Waals surface area contributed by atoms with Crippen LogP contribution in [0, 0.1) is 22.7 Å². The Hall–Kier alpha value is -3.80. The third-order valence-electron chi connectivity index (χ3n) is 6.66. The molecule has 1 saturated carbocycles. The summed E-state index contributed by atoms with van der Waals surface area (Å²) in [5.74, 6) is 0.771. The zero-order valence-electron chi connectivity index (χ0n) is 19.7. The molecule has 2 aromatic heterocycles. The van der Waals surface area contributed by atoms with Crippen LogP contribution in [0.2, 0.25) is 0 Å². The number of rotatable bonds is 7. The maximum atomic E-state index is 12.2. The summed E-state index contributed by atoms with van der Waals surface area (Å²) in [6, 6.07) is 11.0. The second kappa shape index (κ2) is 9.59. The molecule has 1 fully saturated rings. The Kier molecular flexibility index (Phi) is 6.59. The summed E-state index contributed by atoms with van der Waals surface area (Å²) < 4.78 is 12.6. The zero-order chi connectivity index (χ0) is 24.3. The van der Waals surface area contributed by atoms with E-state index in [1.165, 1.54) is 19.1 Å². The van der Waals surface area contributed by atoms with Gasteiger partial charge in [-0.2, -0.15) is 10.2 Å². The number of carbonyl (C=O) groups is 1. The van der Waals surface area contributed by atoms with Crippen molar-refractivity contribution in [1.29, 1.82) is 5.26 Å². The van der Waals surface area contributed by atoms with Crippen molar-refractivity contribution in [2.45, 2.75) is 39.2 Å². The van der Waals surface area contributed by atoms with Crippen molar-refractivity contribution in [2.75, 3.05) is 25.7 Å². The van der Waals surface area contributed by atoms with E-state index in [1.807, 2.05) is 18.5 Å². The number of aromatic nitrogens is 3. The molecule has 3 aromatic rings. The SMILES string of the molecule is COc1ccc(N(CC2CCCC(C)(Cn3cnc4ccc(C#N)cc43)C2)C(=O)O)c(OC)n1. The Morgan fingerprint density at radius 1 is 1.32 bits per heavy atom. The molecule has 1 aliphatic rings. The predicted octanol–water partition coefficient (Wildman–Crippen LogP) is 4.70. The zero-order valence-corrected chi connectivity index (χ0v) is 19.7. The lowest BCUT2D eigenvalue weighted by Crippen LogP contribution is -2.39. The molecule has 0 bridgehead atoms. The second-order valence-electron chi connectivity index (χ2n) is 9.24. The number of imidazole rings is 1. The van der Waals surface area contributed by atoms with Gasteiger partial charge in [0.2, 0.25) is 11.8 Å². The molecule has 34 heavy (non-hydrogen) atoms. The van der Waals surface area contributed by atoms with E-state index >= 15 is 0 Å². The van der Waals surface area contributed by atoms with Crippen LogP contribution in [0.15, 0.2) is 36.7 Å². The van der Waals surface area contributed by atoms with Crippen LogP contribution in [0.4, 0.5) is 10.5 Å². The van der Waals surface area contributed by atoms with Crippen molar-refractivity contribution < 1.29 is 19.4 Å². The highest BCUT2D eigenvalue weighted by molar-refractivity contribution is 5.87. The molecule has 178 valence electrons. The highest BCUT2D eigenvalue weighted by atomic mass is 16.5. The lowest BCUT2D eigenvalue weighted by molar-refractivity contribution is 0.136. The topological polar surface area (TPSA) is 114 Å². The minimum absolute atomic E-state index is 0.0222. The van der Waals surface area contributed by atoms with E-state index in [1.54, 1.807) is 18.2 Å². The van der Waals surface area contributed by atoms with Gasteiger partial charge in [-0.25, -0.2) is 9.78 Å². The lowest BCUT2D eigenvalue weighted by atomic mass is 9.70. The summed E-state index contributed by atoms with van der Waals surface area (Å²) in [4.78, 5) is 22.3. The summed E-state index contributed by atoms with van der Waals surface area (Å²) >= 11 is 0. The fourth-order valence-corrected chi connectivity index (χ4v) is 5.10. The van der Waals surface area contributed by atoms with Gasteiger partial charge in [0.25, 0.3) is 0 Å². The van der Waals surface area contributed by atoms with E-state index in [0.717, 1.165) is 43.3 Å². The van der Waals surface area contributed by atoms with Crippen LogP contribution in [-0.4, -0.2) is 46.5 Å². The average Bonchev–Trinajstić information content (AvgIpc) is 3.23. The van der Waals surface area contributed by atoms with Gasteiger partial charge in [0.05, 0.1) is 43.2 Å². The number of benzene rings is 1. The molecule has 1 aliphatic carbocycles. The first-order valence-corrected chi connectivity index (χ1v) is 11.3. The van der Waals surface area contributed by atoms with Gasteiger partial charge in [0, 0.05) is 19.2 Å². The summed E-state index contributed by atoms with van der Waals surface area (Å²) in [6.07, 6.45) is 4.68. The number of fused-ring (bicyclic) bond motifs is 1. The number of nitrogens with zero attached hydrogens (tertiary/aromatic N) is 5. The van der Waals surface area contributed by atoms with E-state index in [-0.39, 0.29) is 17.2 Å². The number of pyridine rings is 1. The molecular formula is C25H29N5O4. The van der Waals surface area contributed by atoms with E-state index in [9.17, 15) is 15.2 Å². The summed E-state index contributed by atoms with van der Waals surface area (Å²) in [7, 11) is 2.97. The molecule has 1 amide bonds. The minimum atomic E-state index is -1.04. The van der Waals surface area contributed by atoms with Crippen LogP contribution in [0.1, 0.15) is 38.2 Å². The van der Waals surface area contributed by atoms with Crippen LogP contribution in [-0.2, 0) is 6.54 Å². The smallest absolute Gasteiger partial charge is 0.411 e. The maximum Gasteiger partial charge on any atom is 0.411 e. The highest BCUT2D eigenvalue weighted by Gasteiger charge is 2.35. The third-order valence-corrected chi connectivity index (χ3v) is 6.66. The molecule has 1 N–H and O–H groups in total. The molecule has 0 radical (unpaired) electrons. The molecule has 0 aliphatic heterocycles. The molecule has 2 heterocycles.